The van der Waals surface area contributed by atoms with Crippen molar-refractivity contribution in [1.82, 2.24) is 10.2 Å². The number of hydrogen-bond donors (Lipinski definition) is 1. The summed E-state index contributed by atoms with van der Waals surface area (Å²) in [6.07, 6.45) is 0.343. The van der Waals surface area contributed by atoms with Crippen LogP contribution in [0.3, 0.4) is 0 Å². The predicted octanol–water partition coefficient (Wildman–Crippen LogP) is 5.45. The molecule has 1 N–H and O–H groups in total. The number of rotatable bonds is 9. The highest BCUT2D eigenvalue weighted by atomic mass is 35.5. The molecule has 0 saturated carbocycles. The van der Waals surface area contributed by atoms with Gasteiger partial charge >= 0.3 is 0 Å². The van der Waals surface area contributed by atoms with Gasteiger partial charge in [0, 0.05) is 29.6 Å². The molecule has 3 aromatic rings. The smallest absolute Gasteiger partial charge is 0.243 e. The van der Waals surface area contributed by atoms with Crippen molar-refractivity contribution in [2.24, 2.45) is 0 Å². The predicted molar refractivity (Wildman–Crippen MR) is 130 cm³/mol. The fourth-order valence-corrected chi connectivity index (χ4v) is 4.04. The molecule has 0 saturated heterocycles. The van der Waals surface area contributed by atoms with Gasteiger partial charge in [0.25, 0.3) is 0 Å². The maximum absolute atomic E-state index is 13.5. The third-order valence-corrected chi connectivity index (χ3v) is 5.83. The first kappa shape index (κ1) is 24.7. The summed E-state index contributed by atoms with van der Waals surface area (Å²) in [5.41, 5.74) is 2.26. The zero-order valence-corrected chi connectivity index (χ0v) is 19.7. The van der Waals surface area contributed by atoms with Crippen LogP contribution in [0, 0.1) is 5.82 Å². The van der Waals surface area contributed by atoms with Crippen LogP contribution >= 0.6 is 23.2 Å². The van der Waals surface area contributed by atoms with Gasteiger partial charge in [-0.2, -0.15) is 0 Å². The van der Waals surface area contributed by atoms with Crippen LogP contribution in [0.25, 0.3) is 0 Å². The molecule has 3 aromatic carbocycles. The van der Waals surface area contributed by atoms with E-state index in [2.05, 4.69) is 5.32 Å². The van der Waals surface area contributed by atoms with E-state index in [1.807, 2.05) is 37.3 Å². The van der Waals surface area contributed by atoms with Crippen LogP contribution < -0.4 is 5.32 Å². The first-order valence-corrected chi connectivity index (χ1v) is 11.4. The summed E-state index contributed by atoms with van der Waals surface area (Å²) in [6.45, 7) is 2.42. The Morgan fingerprint density at radius 1 is 0.970 bits per heavy atom. The fourth-order valence-electron chi connectivity index (χ4n) is 3.56. The van der Waals surface area contributed by atoms with Crippen LogP contribution in [-0.4, -0.2) is 29.3 Å². The van der Waals surface area contributed by atoms with Crippen molar-refractivity contribution in [3.8, 4) is 0 Å². The van der Waals surface area contributed by atoms with Crippen molar-refractivity contribution in [2.45, 2.75) is 32.4 Å². The van der Waals surface area contributed by atoms with Crippen LogP contribution in [0.4, 0.5) is 4.39 Å². The van der Waals surface area contributed by atoms with Crippen molar-refractivity contribution in [2.75, 3.05) is 6.54 Å². The highest BCUT2D eigenvalue weighted by molar-refractivity contribution is 6.35. The first-order chi connectivity index (χ1) is 15.9. The van der Waals surface area contributed by atoms with Crippen LogP contribution in [0.5, 0.6) is 0 Å². The average molecular weight is 487 g/mol. The molecule has 0 aromatic heterocycles. The zero-order chi connectivity index (χ0) is 23.8. The summed E-state index contributed by atoms with van der Waals surface area (Å²) < 4.78 is 13.5. The molecule has 172 valence electrons. The summed E-state index contributed by atoms with van der Waals surface area (Å²) in [4.78, 5) is 28.2. The van der Waals surface area contributed by atoms with Crippen LogP contribution in [0.1, 0.15) is 23.6 Å². The van der Waals surface area contributed by atoms with Gasteiger partial charge in [0.2, 0.25) is 11.8 Å². The highest BCUT2D eigenvalue weighted by Crippen LogP contribution is 2.23. The molecule has 0 aliphatic heterocycles. The summed E-state index contributed by atoms with van der Waals surface area (Å²) in [6, 6.07) is 19.6. The first-order valence-electron chi connectivity index (χ1n) is 10.7. The lowest BCUT2D eigenvalue weighted by atomic mass is 10.0. The van der Waals surface area contributed by atoms with Gasteiger partial charge in [0.15, 0.2) is 0 Å². The topological polar surface area (TPSA) is 49.4 Å². The zero-order valence-electron chi connectivity index (χ0n) is 18.2. The number of nitrogens with one attached hydrogen (secondary N) is 1. The van der Waals surface area contributed by atoms with E-state index in [9.17, 15) is 14.0 Å². The number of carbonyl (C=O) groups excluding carboxylic acids is 2. The Bertz CT molecular complexity index is 1090. The second-order valence-corrected chi connectivity index (χ2v) is 8.50. The number of nitrogens with zero attached hydrogens (tertiary/aromatic N) is 1. The third kappa shape index (κ3) is 7.04. The fraction of sp³-hybridized carbons (Fsp3) is 0.231. The molecule has 2 amide bonds. The van der Waals surface area contributed by atoms with Crippen LogP contribution in [-0.2, 0) is 29.0 Å². The van der Waals surface area contributed by atoms with Gasteiger partial charge in [-0.1, -0.05) is 71.7 Å². The van der Waals surface area contributed by atoms with E-state index < -0.39 is 6.04 Å². The molecule has 0 fully saturated rings. The average Bonchev–Trinajstić information content (AvgIpc) is 2.80. The van der Waals surface area contributed by atoms with Crippen LogP contribution in [0.15, 0.2) is 72.8 Å². The maximum Gasteiger partial charge on any atom is 0.243 e. The molecule has 3 rings (SSSR count). The minimum atomic E-state index is -0.754. The normalized spacial score (nSPS) is 11.6. The SMILES string of the molecule is CCNC(=O)C(Cc1ccccc1)N(Cc1ccc(F)cc1)C(=O)Cc1ccc(Cl)cc1Cl. The quantitative estimate of drug-likeness (QED) is 0.437. The number of likely N-dealkylation sites (N-methyl/N-ethyl adjacent to an activating group) is 1. The van der Waals surface area contributed by atoms with Gasteiger partial charge in [0.1, 0.15) is 11.9 Å². The van der Waals surface area contributed by atoms with E-state index in [1.54, 1.807) is 30.3 Å². The number of carbonyl (C=O) groups is 2. The molecule has 7 heteroatoms. The van der Waals surface area contributed by atoms with Gasteiger partial charge in [-0.15, -0.1) is 0 Å². The highest BCUT2D eigenvalue weighted by Gasteiger charge is 2.30. The van der Waals surface area contributed by atoms with Gasteiger partial charge in [0.05, 0.1) is 6.42 Å². The summed E-state index contributed by atoms with van der Waals surface area (Å²) >= 11 is 12.3. The van der Waals surface area contributed by atoms with Gasteiger partial charge < -0.3 is 10.2 Å². The Labute approximate surface area is 203 Å². The molecule has 33 heavy (non-hydrogen) atoms. The molecule has 0 bridgehead atoms. The molecule has 1 atom stereocenters. The number of hydrogen-bond acceptors (Lipinski definition) is 2. The molecular formula is C26H25Cl2FN2O2. The Hall–Kier alpha value is -2.89. The second kappa shape index (κ2) is 11.8. The van der Waals surface area contributed by atoms with E-state index >= 15 is 0 Å². The van der Waals surface area contributed by atoms with E-state index in [-0.39, 0.29) is 30.6 Å². The number of amides is 2. The summed E-state index contributed by atoms with van der Waals surface area (Å²) in [5, 5.41) is 3.70. The molecule has 0 spiro atoms. The standard InChI is InChI=1S/C26H25Cl2FN2O2/c1-2-30-26(33)24(14-18-6-4-3-5-7-18)31(17-19-8-12-22(29)13-9-19)25(32)15-20-10-11-21(27)16-23(20)28/h3-13,16,24H,2,14-15,17H2,1H3,(H,30,33). The van der Waals surface area contributed by atoms with Gasteiger partial charge in [-0.05, 0) is 47.9 Å². The van der Waals surface area contributed by atoms with E-state index in [0.717, 1.165) is 5.56 Å². The molecule has 1 unspecified atom stereocenters. The monoisotopic (exact) mass is 486 g/mol. The third-order valence-electron chi connectivity index (χ3n) is 5.25. The molecule has 0 aliphatic rings. The lowest BCUT2D eigenvalue weighted by molar-refractivity contribution is -0.140. The van der Waals surface area contributed by atoms with Gasteiger partial charge in [-0.25, -0.2) is 4.39 Å². The number of benzene rings is 3. The second-order valence-electron chi connectivity index (χ2n) is 7.66. The molecule has 0 aliphatic carbocycles. The van der Waals surface area contributed by atoms with Crippen LogP contribution in [0.2, 0.25) is 10.0 Å². The van der Waals surface area contributed by atoms with Gasteiger partial charge in [-0.3, -0.25) is 9.59 Å². The van der Waals surface area contributed by atoms with Crippen molar-refractivity contribution >= 4 is 35.0 Å². The summed E-state index contributed by atoms with van der Waals surface area (Å²) in [5.74, 6) is -0.885. The minimum absolute atomic E-state index is 0.00188. The Morgan fingerprint density at radius 3 is 2.30 bits per heavy atom. The van der Waals surface area contributed by atoms with Crippen molar-refractivity contribution in [1.29, 1.82) is 0 Å². The molecular weight excluding hydrogens is 462 g/mol. The van der Waals surface area contributed by atoms with E-state index in [1.165, 1.54) is 17.0 Å². The van der Waals surface area contributed by atoms with E-state index in [0.29, 0.717) is 34.1 Å². The Kier molecular flexibility index (Phi) is 8.87. The van der Waals surface area contributed by atoms with Crippen molar-refractivity contribution in [3.05, 3.63) is 105 Å². The number of halogens is 3. The molecule has 0 radical (unpaired) electrons. The Morgan fingerprint density at radius 2 is 1.67 bits per heavy atom. The lowest BCUT2D eigenvalue weighted by Gasteiger charge is -2.31. The lowest BCUT2D eigenvalue weighted by Crippen LogP contribution is -2.51. The maximum atomic E-state index is 13.5. The van der Waals surface area contributed by atoms with Crippen molar-refractivity contribution in [3.63, 3.8) is 0 Å². The van der Waals surface area contributed by atoms with Crippen molar-refractivity contribution < 1.29 is 14.0 Å². The largest absolute Gasteiger partial charge is 0.355 e. The molecule has 4 nitrogen and oxygen atoms in total. The molecule has 0 heterocycles. The minimum Gasteiger partial charge on any atom is -0.355 e. The van der Waals surface area contributed by atoms with E-state index in [4.69, 9.17) is 23.2 Å². The Balaban J connectivity index is 1.96. The summed E-state index contributed by atoms with van der Waals surface area (Å²) in [7, 11) is 0.